The standard InChI is InChI=1S/C17H14N2O2S/c20-9-11-1-2-13-14(12-3-5-21-10-12)8-16(19-15(13)7-11)17-18-4-6-22-17/h1-3,5,7-8,10,20H,4,6,9H2. The van der Waals surface area contributed by atoms with E-state index < -0.39 is 0 Å². The molecule has 0 atom stereocenters. The summed E-state index contributed by atoms with van der Waals surface area (Å²) < 4.78 is 5.23. The van der Waals surface area contributed by atoms with Gasteiger partial charge in [-0.25, -0.2) is 4.98 Å². The van der Waals surface area contributed by atoms with Crippen LogP contribution in [0.15, 0.2) is 52.3 Å². The summed E-state index contributed by atoms with van der Waals surface area (Å²) in [4.78, 5) is 9.27. The van der Waals surface area contributed by atoms with E-state index in [1.165, 1.54) is 0 Å². The average Bonchev–Trinajstić information content (AvgIpc) is 3.26. The maximum atomic E-state index is 9.36. The van der Waals surface area contributed by atoms with Crippen molar-refractivity contribution in [1.29, 1.82) is 0 Å². The molecule has 3 aromatic rings. The van der Waals surface area contributed by atoms with Gasteiger partial charge in [0, 0.05) is 23.2 Å². The van der Waals surface area contributed by atoms with Gasteiger partial charge >= 0.3 is 0 Å². The van der Waals surface area contributed by atoms with Crippen LogP contribution in [0, 0.1) is 0 Å². The van der Waals surface area contributed by atoms with Crippen molar-refractivity contribution in [2.75, 3.05) is 12.3 Å². The van der Waals surface area contributed by atoms with Crippen molar-refractivity contribution in [3.63, 3.8) is 0 Å². The summed E-state index contributed by atoms with van der Waals surface area (Å²) in [7, 11) is 0. The van der Waals surface area contributed by atoms with Crippen LogP contribution in [0.4, 0.5) is 0 Å². The van der Waals surface area contributed by atoms with Gasteiger partial charge in [0.05, 0.1) is 30.3 Å². The van der Waals surface area contributed by atoms with E-state index in [0.717, 1.165) is 50.6 Å². The normalized spacial score (nSPS) is 14.5. The fourth-order valence-corrected chi connectivity index (χ4v) is 3.44. The van der Waals surface area contributed by atoms with Crippen molar-refractivity contribution in [2.45, 2.75) is 6.61 Å². The van der Waals surface area contributed by atoms with Crippen molar-refractivity contribution >= 4 is 27.7 Å². The molecule has 0 fully saturated rings. The summed E-state index contributed by atoms with van der Waals surface area (Å²) in [5.74, 6) is 1.01. The van der Waals surface area contributed by atoms with Crippen molar-refractivity contribution in [1.82, 2.24) is 4.98 Å². The molecule has 0 unspecified atom stereocenters. The number of rotatable bonds is 3. The van der Waals surface area contributed by atoms with Crippen LogP contribution >= 0.6 is 11.8 Å². The molecule has 0 spiro atoms. The molecule has 1 aliphatic rings. The van der Waals surface area contributed by atoms with Crippen LogP contribution < -0.4 is 0 Å². The van der Waals surface area contributed by atoms with Crippen molar-refractivity contribution in [3.05, 3.63) is 54.1 Å². The highest BCUT2D eigenvalue weighted by Crippen LogP contribution is 2.31. The largest absolute Gasteiger partial charge is 0.472 e. The Hall–Kier alpha value is -2.11. The van der Waals surface area contributed by atoms with Gasteiger partial charge in [0.25, 0.3) is 0 Å². The molecule has 2 aromatic heterocycles. The minimum Gasteiger partial charge on any atom is -0.472 e. The Kier molecular flexibility index (Phi) is 3.44. The Morgan fingerprint density at radius 3 is 2.91 bits per heavy atom. The Balaban J connectivity index is 1.98. The van der Waals surface area contributed by atoms with Gasteiger partial charge in [-0.2, -0.15) is 0 Å². The fourth-order valence-electron chi connectivity index (χ4n) is 2.63. The molecule has 5 heteroatoms. The van der Waals surface area contributed by atoms with Crippen LogP contribution in [0.25, 0.3) is 22.0 Å². The molecule has 0 radical (unpaired) electrons. The van der Waals surface area contributed by atoms with Gasteiger partial charge in [-0.15, -0.1) is 11.8 Å². The zero-order chi connectivity index (χ0) is 14.9. The minimum absolute atomic E-state index is 0.0125. The molecule has 0 bridgehead atoms. The average molecular weight is 310 g/mol. The highest BCUT2D eigenvalue weighted by molar-refractivity contribution is 8.14. The van der Waals surface area contributed by atoms with E-state index in [1.807, 2.05) is 24.3 Å². The molecule has 0 saturated carbocycles. The predicted molar refractivity (Wildman–Crippen MR) is 89.2 cm³/mol. The van der Waals surface area contributed by atoms with Crippen LogP contribution in [-0.4, -0.2) is 27.4 Å². The van der Waals surface area contributed by atoms with Gasteiger partial charge in [0.15, 0.2) is 0 Å². The second-order valence-corrected chi connectivity index (χ2v) is 6.20. The number of hydrogen-bond donors (Lipinski definition) is 1. The highest BCUT2D eigenvalue weighted by Gasteiger charge is 2.15. The molecule has 1 aliphatic heterocycles. The maximum absolute atomic E-state index is 9.36. The van der Waals surface area contributed by atoms with Gasteiger partial charge in [-0.3, -0.25) is 4.99 Å². The van der Waals surface area contributed by atoms with E-state index in [9.17, 15) is 5.11 Å². The van der Waals surface area contributed by atoms with Crippen LogP contribution in [0.5, 0.6) is 0 Å². The van der Waals surface area contributed by atoms with Crippen LogP contribution in [0.3, 0.4) is 0 Å². The first-order valence-corrected chi connectivity index (χ1v) is 8.08. The SMILES string of the molecule is OCc1ccc2c(-c3ccoc3)cc(C3=NCCS3)nc2c1. The highest BCUT2D eigenvalue weighted by atomic mass is 32.2. The Labute approximate surface area is 131 Å². The predicted octanol–water partition coefficient (Wildman–Crippen LogP) is 3.48. The molecule has 1 N–H and O–H groups in total. The number of aromatic nitrogens is 1. The summed E-state index contributed by atoms with van der Waals surface area (Å²) in [5, 5.41) is 11.4. The van der Waals surface area contributed by atoms with E-state index in [1.54, 1.807) is 24.3 Å². The van der Waals surface area contributed by atoms with E-state index >= 15 is 0 Å². The smallest absolute Gasteiger partial charge is 0.116 e. The van der Waals surface area contributed by atoms with Crippen LogP contribution in [0.2, 0.25) is 0 Å². The number of fused-ring (bicyclic) bond motifs is 1. The topological polar surface area (TPSA) is 58.6 Å². The number of pyridine rings is 1. The number of nitrogens with zero attached hydrogens (tertiary/aromatic N) is 2. The molecule has 0 aliphatic carbocycles. The molecule has 0 amide bonds. The zero-order valence-electron chi connectivity index (χ0n) is 11.8. The molecular weight excluding hydrogens is 296 g/mol. The van der Waals surface area contributed by atoms with E-state index in [0.29, 0.717) is 0 Å². The molecule has 3 heterocycles. The third kappa shape index (κ3) is 2.32. The lowest BCUT2D eigenvalue weighted by atomic mass is 10.0. The van der Waals surface area contributed by atoms with Crippen LogP contribution in [0.1, 0.15) is 11.3 Å². The maximum Gasteiger partial charge on any atom is 0.116 e. The summed E-state index contributed by atoms with van der Waals surface area (Å²) in [6, 6.07) is 9.88. The van der Waals surface area contributed by atoms with Gasteiger partial charge in [0.1, 0.15) is 5.04 Å². The molecular formula is C17H14N2O2S. The lowest BCUT2D eigenvalue weighted by molar-refractivity contribution is 0.282. The quantitative estimate of drug-likeness (QED) is 0.804. The van der Waals surface area contributed by atoms with Gasteiger partial charge in [-0.05, 0) is 29.3 Å². The second kappa shape index (κ2) is 5.59. The second-order valence-electron chi connectivity index (χ2n) is 5.11. The van der Waals surface area contributed by atoms with E-state index in [2.05, 4.69) is 11.1 Å². The molecule has 0 saturated heterocycles. The fraction of sp³-hybridized carbons (Fsp3) is 0.176. The number of furan rings is 1. The zero-order valence-corrected chi connectivity index (χ0v) is 12.6. The summed E-state index contributed by atoms with van der Waals surface area (Å²) in [6.07, 6.45) is 3.41. The van der Waals surface area contributed by atoms with E-state index in [-0.39, 0.29) is 6.61 Å². The van der Waals surface area contributed by atoms with Gasteiger partial charge in [-0.1, -0.05) is 12.1 Å². The summed E-state index contributed by atoms with van der Waals surface area (Å²) in [5.41, 5.74) is 4.72. The van der Waals surface area contributed by atoms with Crippen molar-refractivity contribution < 1.29 is 9.52 Å². The number of thioether (sulfide) groups is 1. The number of benzene rings is 1. The first-order valence-electron chi connectivity index (χ1n) is 7.10. The van der Waals surface area contributed by atoms with Crippen LogP contribution in [-0.2, 0) is 6.61 Å². The van der Waals surface area contributed by atoms with E-state index in [4.69, 9.17) is 9.40 Å². The lowest BCUT2D eigenvalue weighted by Crippen LogP contribution is -1.99. The number of aliphatic hydroxyl groups is 1. The first-order chi connectivity index (χ1) is 10.8. The monoisotopic (exact) mass is 310 g/mol. The lowest BCUT2D eigenvalue weighted by Gasteiger charge is -2.09. The number of aliphatic imine (C=N–C) groups is 1. The third-order valence-electron chi connectivity index (χ3n) is 3.69. The van der Waals surface area contributed by atoms with Gasteiger partial charge < -0.3 is 9.52 Å². The number of aliphatic hydroxyl groups excluding tert-OH is 1. The molecule has 4 nitrogen and oxygen atoms in total. The van der Waals surface area contributed by atoms with Crippen molar-refractivity contribution in [3.8, 4) is 11.1 Å². The minimum atomic E-state index is 0.0125. The third-order valence-corrected chi connectivity index (χ3v) is 4.69. The Bertz CT molecular complexity index is 856. The summed E-state index contributed by atoms with van der Waals surface area (Å²) in [6.45, 7) is 0.857. The van der Waals surface area contributed by atoms with Gasteiger partial charge in [0.2, 0.25) is 0 Å². The Morgan fingerprint density at radius 2 is 2.18 bits per heavy atom. The molecule has 22 heavy (non-hydrogen) atoms. The number of hydrogen-bond acceptors (Lipinski definition) is 5. The molecule has 1 aromatic carbocycles. The van der Waals surface area contributed by atoms with Crippen molar-refractivity contribution in [2.24, 2.45) is 4.99 Å². The first kappa shape index (κ1) is 13.5. The molecule has 4 rings (SSSR count). The molecule has 110 valence electrons. The Morgan fingerprint density at radius 1 is 1.23 bits per heavy atom. The summed E-state index contributed by atoms with van der Waals surface area (Å²) >= 11 is 1.73.